The Labute approximate surface area is 162 Å². The number of hydrogen-bond acceptors (Lipinski definition) is 5. The predicted molar refractivity (Wildman–Crippen MR) is 107 cm³/mol. The zero-order valence-electron chi connectivity index (χ0n) is 14.8. The van der Waals surface area contributed by atoms with Crippen LogP contribution in [0.1, 0.15) is 16.7 Å². The van der Waals surface area contributed by atoms with Gasteiger partial charge in [0.05, 0.1) is 18.6 Å². The fourth-order valence-corrected chi connectivity index (χ4v) is 3.63. The first-order valence-corrected chi connectivity index (χ1v) is 9.15. The second-order valence-electron chi connectivity index (χ2n) is 5.98. The highest BCUT2D eigenvalue weighted by atomic mass is 32.2. The summed E-state index contributed by atoms with van der Waals surface area (Å²) in [6, 6.07) is 12.8. The largest absolute Gasteiger partial charge is 0.504 e. The lowest BCUT2D eigenvalue weighted by molar-refractivity contribution is -0.123. The molecule has 6 heteroatoms. The van der Waals surface area contributed by atoms with Crippen molar-refractivity contribution in [2.45, 2.75) is 13.0 Å². The molecule has 1 N–H and O–H groups in total. The van der Waals surface area contributed by atoms with E-state index < -0.39 is 0 Å². The first-order chi connectivity index (χ1) is 13.0. The van der Waals surface area contributed by atoms with Gasteiger partial charge in [-0.05, 0) is 47.5 Å². The van der Waals surface area contributed by atoms with Crippen molar-refractivity contribution in [3.63, 3.8) is 0 Å². The number of hydrogen-bond donors (Lipinski definition) is 1. The van der Waals surface area contributed by atoms with Crippen molar-refractivity contribution in [3.05, 3.63) is 76.7 Å². The van der Waals surface area contributed by atoms with E-state index in [1.54, 1.807) is 24.3 Å². The van der Waals surface area contributed by atoms with E-state index in [1.165, 1.54) is 12.0 Å². The van der Waals surface area contributed by atoms with Crippen molar-refractivity contribution in [2.24, 2.45) is 0 Å². The minimum Gasteiger partial charge on any atom is -0.504 e. The van der Waals surface area contributed by atoms with Gasteiger partial charge in [0, 0.05) is 5.56 Å². The fraction of sp³-hybridized carbons (Fsp3) is 0.143. The van der Waals surface area contributed by atoms with Crippen LogP contribution in [-0.4, -0.2) is 28.3 Å². The van der Waals surface area contributed by atoms with Gasteiger partial charge in [-0.15, -0.1) is 6.58 Å². The zero-order chi connectivity index (χ0) is 19.4. The Morgan fingerprint density at radius 1 is 1.22 bits per heavy atom. The van der Waals surface area contributed by atoms with Gasteiger partial charge in [0.25, 0.3) is 11.1 Å². The lowest BCUT2D eigenvalue weighted by Crippen LogP contribution is -2.27. The maximum Gasteiger partial charge on any atom is 0.293 e. The highest BCUT2D eigenvalue weighted by Gasteiger charge is 2.35. The molecule has 0 atom stereocenters. The molecule has 1 fully saturated rings. The van der Waals surface area contributed by atoms with Crippen molar-refractivity contribution >= 4 is 29.0 Å². The monoisotopic (exact) mass is 381 g/mol. The number of ether oxygens (including phenoxy) is 1. The van der Waals surface area contributed by atoms with Gasteiger partial charge in [0.2, 0.25) is 0 Å². The normalized spacial score (nSPS) is 15.4. The molecule has 0 bridgehead atoms. The number of benzene rings is 2. The van der Waals surface area contributed by atoms with E-state index in [0.717, 1.165) is 17.3 Å². The first-order valence-electron chi connectivity index (χ1n) is 8.33. The van der Waals surface area contributed by atoms with E-state index in [4.69, 9.17) is 4.74 Å². The van der Waals surface area contributed by atoms with E-state index in [1.807, 2.05) is 30.3 Å². The maximum absolute atomic E-state index is 12.7. The minimum atomic E-state index is -0.328. The molecule has 0 spiro atoms. The molecule has 2 aromatic rings. The van der Waals surface area contributed by atoms with Crippen LogP contribution in [0.5, 0.6) is 11.5 Å². The fourth-order valence-electron chi connectivity index (χ4n) is 2.79. The Morgan fingerprint density at radius 3 is 2.63 bits per heavy atom. The number of phenolic OH excluding ortho intramolecular Hbond substituents is 1. The number of carbonyl (C=O) groups is 2. The van der Waals surface area contributed by atoms with Crippen LogP contribution in [0.3, 0.4) is 0 Å². The third kappa shape index (κ3) is 4.06. The second-order valence-corrected chi connectivity index (χ2v) is 6.97. The number of amides is 2. The van der Waals surface area contributed by atoms with Crippen molar-refractivity contribution in [2.75, 3.05) is 7.11 Å². The molecule has 0 radical (unpaired) electrons. The first kappa shape index (κ1) is 18.8. The summed E-state index contributed by atoms with van der Waals surface area (Å²) in [4.78, 5) is 26.5. The van der Waals surface area contributed by atoms with Crippen LogP contribution in [0.4, 0.5) is 4.79 Å². The van der Waals surface area contributed by atoms with Gasteiger partial charge in [-0.3, -0.25) is 14.5 Å². The molecule has 2 amide bonds. The highest BCUT2D eigenvalue weighted by Crippen LogP contribution is 2.36. The summed E-state index contributed by atoms with van der Waals surface area (Å²) >= 11 is 0.908. The summed E-state index contributed by atoms with van der Waals surface area (Å²) in [5, 5.41) is 9.88. The molecule has 3 rings (SSSR count). The van der Waals surface area contributed by atoms with Crippen LogP contribution >= 0.6 is 11.8 Å². The molecular weight excluding hydrogens is 362 g/mol. The quantitative estimate of drug-likeness (QED) is 0.595. The molecule has 138 valence electrons. The lowest BCUT2D eigenvalue weighted by Gasteiger charge is -2.12. The van der Waals surface area contributed by atoms with Gasteiger partial charge in [-0.1, -0.05) is 36.4 Å². The van der Waals surface area contributed by atoms with Gasteiger partial charge in [-0.25, -0.2) is 0 Å². The summed E-state index contributed by atoms with van der Waals surface area (Å²) in [6.07, 6.45) is 3.77. The third-order valence-corrected chi connectivity index (χ3v) is 5.02. The van der Waals surface area contributed by atoms with Gasteiger partial charge in [-0.2, -0.15) is 0 Å². The topological polar surface area (TPSA) is 66.8 Å². The van der Waals surface area contributed by atoms with Crippen molar-refractivity contribution in [1.29, 1.82) is 0 Å². The molecule has 27 heavy (non-hydrogen) atoms. The summed E-state index contributed by atoms with van der Waals surface area (Å²) < 4.78 is 5.20. The smallest absolute Gasteiger partial charge is 0.293 e. The summed E-state index contributed by atoms with van der Waals surface area (Å²) in [7, 11) is 1.46. The number of aromatic hydroxyl groups is 1. The summed E-state index contributed by atoms with van der Waals surface area (Å²) in [6.45, 7) is 3.92. The molecule has 0 aliphatic carbocycles. The van der Waals surface area contributed by atoms with E-state index >= 15 is 0 Å². The van der Waals surface area contributed by atoms with Crippen LogP contribution in [0.25, 0.3) is 6.08 Å². The number of thioether (sulfide) groups is 1. The van der Waals surface area contributed by atoms with Gasteiger partial charge >= 0.3 is 0 Å². The Bertz CT molecular complexity index is 921. The van der Waals surface area contributed by atoms with E-state index in [9.17, 15) is 14.7 Å². The molecule has 1 aliphatic rings. The molecule has 2 aromatic carbocycles. The third-order valence-electron chi connectivity index (χ3n) is 4.12. The molecule has 0 saturated carbocycles. The number of phenols is 1. The molecule has 1 heterocycles. The zero-order valence-corrected chi connectivity index (χ0v) is 15.7. The van der Waals surface area contributed by atoms with Crippen LogP contribution < -0.4 is 4.74 Å². The molecular formula is C21H19NO4S. The second kappa shape index (κ2) is 8.14. The van der Waals surface area contributed by atoms with Crippen LogP contribution in [0.2, 0.25) is 0 Å². The molecule has 5 nitrogen and oxygen atoms in total. The lowest BCUT2D eigenvalue weighted by atomic mass is 10.1. The van der Waals surface area contributed by atoms with Crippen molar-refractivity contribution in [1.82, 2.24) is 4.90 Å². The highest BCUT2D eigenvalue weighted by molar-refractivity contribution is 8.18. The summed E-state index contributed by atoms with van der Waals surface area (Å²) in [5.41, 5.74) is 2.20. The van der Waals surface area contributed by atoms with Gasteiger partial charge in [0.1, 0.15) is 0 Å². The van der Waals surface area contributed by atoms with E-state index in [2.05, 4.69) is 6.58 Å². The minimum absolute atomic E-state index is 0.0479. The standard InChI is InChI=1S/C21H19NO4S/c1-3-7-16-10-15(11-17(26-2)19(16)23)12-18-20(24)22(21(25)27-18)13-14-8-5-4-6-9-14/h3-6,8-12,23H,1,7,13H2,2H3/b18-12-. The van der Waals surface area contributed by atoms with Crippen molar-refractivity contribution < 1.29 is 19.4 Å². The number of rotatable bonds is 6. The van der Waals surface area contributed by atoms with Crippen LogP contribution in [0.15, 0.2) is 60.0 Å². The maximum atomic E-state index is 12.7. The molecule has 1 saturated heterocycles. The van der Waals surface area contributed by atoms with Gasteiger partial charge in [0.15, 0.2) is 11.5 Å². The van der Waals surface area contributed by atoms with Gasteiger partial charge < -0.3 is 9.84 Å². The number of imide groups is 1. The predicted octanol–water partition coefficient (Wildman–Crippen LogP) is 4.37. The molecule has 1 aliphatic heterocycles. The number of nitrogens with zero attached hydrogens (tertiary/aromatic N) is 1. The average molecular weight is 381 g/mol. The number of allylic oxidation sites excluding steroid dienone is 1. The van der Waals surface area contributed by atoms with E-state index in [-0.39, 0.29) is 23.4 Å². The van der Waals surface area contributed by atoms with Crippen LogP contribution in [0, 0.1) is 0 Å². The van der Waals surface area contributed by atoms with Crippen LogP contribution in [-0.2, 0) is 17.8 Å². The SMILES string of the molecule is C=CCc1cc(/C=C2\SC(=O)N(Cc3ccccc3)C2=O)cc(OC)c1O. The molecule has 0 unspecified atom stereocenters. The van der Waals surface area contributed by atoms with Crippen molar-refractivity contribution in [3.8, 4) is 11.5 Å². The Balaban J connectivity index is 1.89. The van der Waals surface area contributed by atoms with E-state index in [0.29, 0.717) is 28.2 Å². The average Bonchev–Trinajstić information content (AvgIpc) is 2.92. The molecule has 0 aromatic heterocycles. The Kier molecular flexibility index (Phi) is 5.66. The Hall–Kier alpha value is -2.99. The Morgan fingerprint density at radius 2 is 1.96 bits per heavy atom. The summed E-state index contributed by atoms with van der Waals surface area (Å²) in [5.74, 6) is 0.0296. The number of methoxy groups -OCH3 is 1. The number of carbonyl (C=O) groups excluding carboxylic acids is 2.